The Morgan fingerprint density at radius 3 is 2.63 bits per heavy atom. The van der Waals surface area contributed by atoms with Gasteiger partial charge in [-0.15, -0.1) is 0 Å². The van der Waals surface area contributed by atoms with Gasteiger partial charge in [0.05, 0.1) is 16.2 Å². The molecule has 1 heterocycles. The monoisotopic (exact) mass is 326 g/mol. The van der Waals surface area contributed by atoms with Crippen molar-refractivity contribution in [3.8, 4) is 0 Å². The molecule has 0 saturated heterocycles. The molecule has 0 fully saturated rings. The Bertz CT molecular complexity index is 602. The first-order valence-electron chi connectivity index (χ1n) is 5.78. The van der Waals surface area contributed by atoms with Crippen LogP contribution in [0, 0.1) is 18.6 Å². The maximum absolute atomic E-state index is 14.2. The van der Waals surface area contributed by atoms with Crippen LogP contribution in [0.25, 0.3) is 0 Å². The molecule has 2 rings (SSSR count). The lowest BCUT2D eigenvalue weighted by Crippen LogP contribution is -2.22. The molecule has 1 unspecified atom stereocenters. The number of nitrogens with one attached hydrogen (secondary N) is 1. The Morgan fingerprint density at radius 2 is 2.00 bits per heavy atom. The van der Waals surface area contributed by atoms with Gasteiger partial charge in [0.25, 0.3) is 0 Å². The van der Waals surface area contributed by atoms with Crippen molar-refractivity contribution in [2.45, 2.75) is 13.0 Å². The van der Waals surface area contributed by atoms with Gasteiger partial charge in [-0.05, 0) is 53.7 Å². The predicted octanol–water partition coefficient (Wildman–Crippen LogP) is 3.74. The number of rotatable bonds is 3. The quantitative estimate of drug-likeness (QED) is 0.869. The van der Waals surface area contributed by atoms with E-state index in [4.69, 9.17) is 0 Å². The summed E-state index contributed by atoms with van der Waals surface area (Å²) in [5, 5.41) is 2.92. The van der Waals surface area contributed by atoms with Gasteiger partial charge in [-0.2, -0.15) is 0 Å². The van der Waals surface area contributed by atoms with Crippen LogP contribution in [0.3, 0.4) is 0 Å². The Kier molecular flexibility index (Phi) is 4.27. The summed E-state index contributed by atoms with van der Waals surface area (Å²) in [4.78, 5) is 4.23. The molecule has 100 valence electrons. The van der Waals surface area contributed by atoms with Gasteiger partial charge in [-0.3, -0.25) is 4.98 Å². The summed E-state index contributed by atoms with van der Waals surface area (Å²) < 4.78 is 28.4. The summed E-state index contributed by atoms with van der Waals surface area (Å²) in [5.74, 6) is -1.20. The van der Waals surface area contributed by atoms with E-state index in [1.165, 1.54) is 12.1 Å². The minimum absolute atomic E-state index is 0.0290. The second kappa shape index (κ2) is 5.75. The molecule has 0 aliphatic heterocycles. The largest absolute Gasteiger partial charge is 0.308 e. The van der Waals surface area contributed by atoms with Crippen LogP contribution >= 0.6 is 15.9 Å². The highest BCUT2D eigenvalue weighted by Crippen LogP contribution is 2.30. The number of nitrogens with zero attached hydrogens (tertiary/aromatic N) is 1. The highest BCUT2D eigenvalue weighted by molar-refractivity contribution is 9.10. The van der Waals surface area contributed by atoms with Crippen molar-refractivity contribution in [2.75, 3.05) is 7.05 Å². The number of hydrogen-bond acceptors (Lipinski definition) is 2. The number of halogens is 3. The Hall–Kier alpha value is -1.33. The van der Waals surface area contributed by atoms with E-state index in [-0.39, 0.29) is 10.0 Å². The van der Waals surface area contributed by atoms with Crippen molar-refractivity contribution in [1.29, 1.82) is 0 Å². The Morgan fingerprint density at radius 1 is 1.26 bits per heavy atom. The molecule has 2 nitrogen and oxygen atoms in total. The zero-order valence-electron chi connectivity index (χ0n) is 10.5. The van der Waals surface area contributed by atoms with Crippen LogP contribution in [0.2, 0.25) is 0 Å². The fraction of sp³-hybridized carbons (Fsp3) is 0.214. The topological polar surface area (TPSA) is 24.9 Å². The molecule has 0 aliphatic rings. The standard InChI is InChI=1S/C14H13BrF2N2/c1-8-4-3-7-19-13(8)14(18-2)11-10(16)6-5-9(15)12(11)17/h3-7,14,18H,1-2H3. The molecular weight excluding hydrogens is 314 g/mol. The zero-order chi connectivity index (χ0) is 14.0. The molecule has 0 radical (unpaired) electrons. The molecule has 0 saturated carbocycles. The van der Waals surface area contributed by atoms with Crippen LogP contribution in [0.5, 0.6) is 0 Å². The maximum Gasteiger partial charge on any atom is 0.145 e. The van der Waals surface area contributed by atoms with Gasteiger partial charge in [-0.1, -0.05) is 6.07 Å². The predicted molar refractivity (Wildman–Crippen MR) is 73.9 cm³/mol. The average molecular weight is 327 g/mol. The number of aryl methyl sites for hydroxylation is 1. The molecule has 0 bridgehead atoms. The van der Waals surface area contributed by atoms with Crippen LogP contribution in [-0.2, 0) is 0 Å². The summed E-state index contributed by atoms with van der Waals surface area (Å²) >= 11 is 3.08. The highest BCUT2D eigenvalue weighted by Gasteiger charge is 2.24. The minimum atomic E-state index is -0.626. The van der Waals surface area contributed by atoms with Gasteiger partial charge in [-0.25, -0.2) is 8.78 Å². The molecular formula is C14H13BrF2N2. The molecule has 2 aromatic rings. The van der Waals surface area contributed by atoms with Crippen molar-refractivity contribution in [2.24, 2.45) is 0 Å². The van der Waals surface area contributed by atoms with E-state index >= 15 is 0 Å². The van der Waals surface area contributed by atoms with E-state index in [0.29, 0.717) is 5.69 Å². The molecule has 0 aliphatic carbocycles. The van der Waals surface area contributed by atoms with Crippen LogP contribution in [-0.4, -0.2) is 12.0 Å². The fourth-order valence-electron chi connectivity index (χ4n) is 2.03. The first kappa shape index (κ1) is 14.1. The van der Waals surface area contributed by atoms with Gasteiger partial charge in [0.2, 0.25) is 0 Å². The maximum atomic E-state index is 14.2. The number of pyridine rings is 1. The summed E-state index contributed by atoms with van der Waals surface area (Å²) in [5.41, 5.74) is 1.46. The molecule has 0 amide bonds. The van der Waals surface area contributed by atoms with Gasteiger partial charge in [0.15, 0.2) is 0 Å². The van der Waals surface area contributed by atoms with Gasteiger partial charge >= 0.3 is 0 Å². The fourth-order valence-corrected chi connectivity index (χ4v) is 2.37. The highest BCUT2D eigenvalue weighted by atomic mass is 79.9. The third kappa shape index (κ3) is 2.67. The van der Waals surface area contributed by atoms with Crippen molar-refractivity contribution in [3.05, 3.63) is 63.4 Å². The lowest BCUT2D eigenvalue weighted by atomic mass is 9.99. The van der Waals surface area contributed by atoms with Crippen molar-refractivity contribution >= 4 is 15.9 Å². The smallest absolute Gasteiger partial charge is 0.145 e. The normalized spacial score (nSPS) is 12.5. The molecule has 1 aromatic heterocycles. The molecule has 1 N–H and O–H groups in total. The second-order valence-electron chi connectivity index (χ2n) is 4.18. The van der Waals surface area contributed by atoms with E-state index in [0.717, 1.165) is 5.56 Å². The third-order valence-electron chi connectivity index (χ3n) is 2.98. The summed E-state index contributed by atoms with van der Waals surface area (Å²) in [6, 6.07) is 5.62. The second-order valence-corrected chi connectivity index (χ2v) is 5.04. The minimum Gasteiger partial charge on any atom is -0.308 e. The van der Waals surface area contributed by atoms with E-state index in [1.54, 1.807) is 19.3 Å². The molecule has 1 atom stereocenters. The van der Waals surface area contributed by atoms with E-state index in [2.05, 4.69) is 26.2 Å². The molecule has 1 aromatic carbocycles. The first-order valence-corrected chi connectivity index (χ1v) is 6.57. The summed E-state index contributed by atoms with van der Waals surface area (Å²) in [6.45, 7) is 1.86. The first-order chi connectivity index (χ1) is 9.06. The molecule has 0 spiro atoms. The lowest BCUT2D eigenvalue weighted by molar-refractivity contribution is 0.513. The van der Waals surface area contributed by atoms with E-state index in [1.807, 2.05) is 13.0 Å². The Labute approximate surface area is 119 Å². The third-order valence-corrected chi connectivity index (χ3v) is 3.59. The van der Waals surface area contributed by atoms with Crippen LogP contribution in [0.4, 0.5) is 8.78 Å². The number of benzene rings is 1. The van der Waals surface area contributed by atoms with Crippen molar-refractivity contribution in [1.82, 2.24) is 10.3 Å². The summed E-state index contributed by atoms with van der Waals surface area (Å²) in [7, 11) is 1.65. The van der Waals surface area contributed by atoms with Gasteiger partial charge in [0, 0.05) is 11.8 Å². The summed E-state index contributed by atoms with van der Waals surface area (Å²) in [6.07, 6.45) is 1.61. The van der Waals surface area contributed by atoms with E-state index in [9.17, 15) is 8.78 Å². The zero-order valence-corrected chi connectivity index (χ0v) is 12.1. The van der Waals surface area contributed by atoms with Crippen LogP contribution in [0.15, 0.2) is 34.9 Å². The number of aromatic nitrogens is 1. The Balaban J connectivity index is 2.61. The molecule has 5 heteroatoms. The van der Waals surface area contributed by atoms with Crippen molar-refractivity contribution in [3.63, 3.8) is 0 Å². The van der Waals surface area contributed by atoms with E-state index < -0.39 is 17.7 Å². The SMILES string of the molecule is CNC(c1ncccc1C)c1c(F)ccc(Br)c1F. The van der Waals surface area contributed by atoms with Crippen LogP contribution < -0.4 is 5.32 Å². The number of hydrogen-bond donors (Lipinski definition) is 1. The average Bonchev–Trinajstić information content (AvgIpc) is 2.40. The lowest BCUT2D eigenvalue weighted by Gasteiger charge is -2.19. The van der Waals surface area contributed by atoms with Crippen LogP contribution in [0.1, 0.15) is 22.9 Å². The van der Waals surface area contributed by atoms with Crippen molar-refractivity contribution < 1.29 is 8.78 Å². The molecule has 19 heavy (non-hydrogen) atoms. The van der Waals surface area contributed by atoms with Gasteiger partial charge < -0.3 is 5.32 Å². The van der Waals surface area contributed by atoms with Gasteiger partial charge in [0.1, 0.15) is 11.6 Å².